The van der Waals surface area contributed by atoms with Gasteiger partial charge in [0.05, 0.1) is 29.6 Å². The second kappa shape index (κ2) is 15.1. The fraction of sp³-hybridized carbons (Fsp3) is 0.414. The fourth-order valence-electron chi connectivity index (χ4n) is 3.53. The van der Waals surface area contributed by atoms with Gasteiger partial charge in [-0.2, -0.15) is 0 Å². The van der Waals surface area contributed by atoms with Crippen molar-refractivity contribution in [1.29, 1.82) is 0 Å². The third-order valence-corrected chi connectivity index (χ3v) is 5.50. The van der Waals surface area contributed by atoms with Crippen LogP contribution in [0.25, 0.3) is 0 Å². The fourth-order valence-corrected chi connectivity index (χ4v) is 3.73. The van der Waals surface area contributed by atoms with Gasteiger partial charge in [0.15, 0.2) is 6.29 Å². The van der Waals surface area contributed by atoms with Gasteiger partial charge in [-0.1, -0.05) is 41.9 Å². The number of rotatable bonds is 11. The Morgan fingerprint density at radius 1 is 0.837 bits per heavy atom. The molecule has 43 heavy (non-hydrogen) atoms. The van der Waals surface area contributed by atoms with E-state index in [1.807, 2.05) is 0 Å². The lowest BCUT2D eigenvalue weighted by Gasteiger charge is -2.27. The third-order valence-electron chi connectivity index (χ3n) is 5.17. The van der Waals surface area contributed by atoms with Crippen molar-refractivity contribution in [2.24, 2.45) is 0 Å². The van der Waals surface area contributed by atoms with Crippen LogP contribution in [0.5, 0.6) is 0 Å². The van der Waals surface area contributed by atoms with Crippen LogP contribution in [-0.4, -0.2) is 59.1 Å². The maximum absolute atomic E-state index is 12.9. The van der Waals surface area contributed by atoms with Crippen LogP contribution < -0.4 is 26.6 Å². The van der Waals surface area contributed by atoms with Crippen LogP contribution in [0.2, 0.25) is 5.02 Å². The Morgan fingerprint density at radius 2 is 1.40 bits per heavy atom. The Labute approximate surface area is 255 Å². The summed E-state index contributed by atoms with van der Waals surface area (Å²) in [4.78, 5) is 61.6. The highest BCUT2D eigenvalue weighted by atomic mass is 35.5. The maximum atomic E-state index is 12.9. The minimum absolute atomic E-state index is 0.0158. The zero-order valence-electron chi connectivity index (χ0n) is 24.9. The molecule has 0 spiro atoms. The molecule has 1 atom stereocenters. The van der Waals surface area contributed by atoms with E-state index in [0.29, 0.717) is 5.56 Å². The van der Waals surface area contributed by atoms with Gasteiger partial charge < -0.3 is 30.5 Å². The largest absolute Gasteiger partial charge is 0.481 e. The lowest BCUT2D eigenvalue weighted by molar-refractivity contribution is -0.137. The number of alkyl carbamates (subject to hydrolysis) is 2. The highest BCUT2D eigenvalue weighted by Gasteiger charge is 2.24. The predicted octanol–water partition coefficient (Wildman–Crippen LogP) is 4.15. The molecule has 2 aromatic rings. The molecule has 4 amide bonds. The lowest BCUT2D eigenvalue weighted by atomic mass is 10.0. The molecule has 2 rings (SSSR count). The van der Waals surface area contributed by atoms with Gasteiger partial charge in [0.1, 0.15) is 11.2 Å². The number of aliphatic carboxylic acids is 1. The molecule has 13 nitrogen and oxygen atoms in total. The third kappa shape index (κ3) is 13.3. The number of hydrogen-bond acceptors (Lipinski definition) is 8. The summed E-state index contributed by atoms with van der Waals surface area (Å²) in [6.07, 6.45) is -3.25. The minimum Gasteiger partial charge on any atom is -0.481 e. The van der Waals surface area contributed by atoms with Crippen LogP contribution in [-0.2, 0) is 19.1 Å². The molecule has 0 aliphatic carbocycles. The Bertz CT molecular complexity index is 1280. The average Bonchev–Trinajstić information content (AvgIpc) is 2.86. The number of carbonyl (C=O) groups excluding carboxylic acids is 4. The number of halogens is 1. The SMILES string of the molecule is CC(C)(C)OC(=O)NC(NC(=O)OC(C)(C)C)Nc1ccc(Cl)c(C(=O)NCC(=O)NC(CC(=O)O)c2ccccc2)c1. The van der Waals surface area contributed by atoms with E-state index < -0.39 is 60.0 Å². The van der Waals surface area contributed by atoms with Crippen molar-refractivity contribution < 1.29 is 38.6 Å². The van der Waals surface area contributed by atoms with Crippen LogP contribution in [0.3, 0.4) is 0 Å². The van der Waals surface area contributed by atoms with Crippen LogP contribution in [0.15, 0.2) is 48.5 Å². The first kappa shape index (κ1) is 34.7. The first-order chi connectivity index (χ1) is 19.9. The van der Waals surface area contributed by atoms with Gasteiger partial charge in [0.25, 0.3) is 5.91 Å². The zero-order chi connectivity index (χ0) is 32.4. The molecule has 0 bridgehead atoms. The van der Waals surface area contributed by atoms with E-state index in [2.05, 4.69) is 26.6 Å². The molecule has 14 heteroatoms. The van der Waals surface area contributed by atoms with Gasteiger partial charge in [-0.15, -0.1) is 0 Å². The molecular weight excluding hydrogens is 582 g/mol. The molecule has 0 saturated carbocycles. The Balaban J connectivity index is 2.13. The first-order valence-corrected chi connectivity index (χ1v) is 13.7. The number of carbonyl (C=O) groups is 5. The number of anilines is 1. The van der Waals surface area contributed by atoms with Crippen molar-refractivity contribution in [3.63, 3.8) is 0 Å². The number of hydrogen-bond donors (Lipinski definition) is 6. The van der Waals surface area contributed by atoms with E-state index in [1.165, 1.54) is 18.2 Å². The first-order valence-electron chi connectivity index (χ1n) is 13.3. The van der Waals surface area contributed by atoms with Crippen LogP contribution in [0, 0.1) is 0 Å². The summed E-state index contributed by atoms with van der Waals surface area (Å²) in [7, 11) is 0. The Kier molecular flexibility index (Phi) is 12.2. The van der Waals surface area contributed by atoms with E-state index in [-0.39, 0.29) is 22.7 Å². The summed E-state index contributed by atoms with van der Waals surface area (Å²) >= 11 is 6.24. The highest BCUT2D eigenvalue weighted by molar-refractivity contribution is 6.34. The number of amides is 4. The van der Waals surface area contributed by atoms with Crippen LogP contribution in [0.1, 0.15) is 69.9 Å². The van der Waals surface area contributed by atoms with Crippen molar-refractivity contribution in [2.75, 3.05) is 11.9 Å². The lowest BCUT2D eigenvalue weighted by Crippen LogP contribution is -2.54. The quantitative estimate of drug-likeness (QED) is 0.201. The number of carboxylic acids is 1. The van der Waals surface area contributed by atoms with Gasteiger partial charge >= 0.3 is 18.2 Å². The standard InChI is InChI=1S/C29H38ClN5O8/c1-28(2,3)42-26(40)34-25(35-27(41)43-29(4,5)6)32-18-12-13-20(30)19(14-18)24(39)31-16-22(36)33-21(15-23(37)38)17-10-8-7-9-11-17/h7-14,21,25,32H,15-16H2,1-6H3,(H,31,39)(H,33,36)(H,34,40)(H,35,41)(H,37,38). The highest BCUT2D eigenvalue weighted by Crippen LogP contribution is 2.21. The van der Waals surface area contributed by atoms with E-state index >= 15 is 0 Å². The number of benzene rings is 2. The summed E-state index contributed by atoms with van der Waals surface area (Å²) in [6, 6.07) is 12.0. The molecule has 0 fully saturated rings. The topological polar surface area (TPSA) is 184 Å². The number of carboxylic acid groups (broad SMARTS) is 1. The normalized spacial score (nSPS) is 12.0. The molecule has 2 aromatic carbocycles. The van der Waals surface area contributed by atoms with Gasteiger partial charge in [0.2, 0.25) is 5.91 Å². The maximum Gasteiger partial charge on any atom is 0.410 e. The summed E-state index contributed by atoms with van der Waals surface area (Å²) in [5, 5.41) is 22.2. The second-order valence-corrected chi connectivity index (χ2v) is 11.8. The minimum atomic E-state index is -1.23. The van der Waals surface area contributed by atoms with E-state index in [1.54, 1.807) is 71.9 Å². The predicted molar refractivity (Wildman–Crippen MR) is 160 cm³/mol. The van der Waals surface area contributed by atoms with Crippen molar-refractivity contribution in [3.05, 3.63) is 64.7 Å². The van der Waals surface area contributed by atoms with Crippen molar-refractivity contribution in [1.82, 2.24) is 21.3 Å². The molecule has 0 aliphatic heterocycles. The smallest absolute Gasteiger partial charge is 0.410 e. The van der Waals surface area contributed by atoms with Gasteiger partial charge in [0, 0.05) is 5.69 Å². The van der Waals surface area contributed by atoms with Gasteiger partial charge in [-0.05, 0) is 65.3 Å². The molecular formula is C29H38ClN5O8. The summed E-state index contributed by atoms with van der Waals surface area (Å²) in [5.74, 6) is -2.41. The molecule has 0 saturated heterocycles. The van der Waals surface area contributed by atoms with Crippen molar-refractivity contribution in [3.8, 4) is 0 Å². The van der Waals surface area contributed by atoms with Crippen molar-refractivity contribution >= 4 is 47.3 Å². The van der Waals surface area contributed by atoms with E-state index in [0.717, 1.165) is 0 Å². The zero-order valence-corrected chi connectivity index (χ0v) is 25.6. The summed E-state index contributed by atoms with van der Waals surface area (Å²) in [5.41, 5.74) is -0.777. The molecule has 6 N–H and O–H groups in total. The molecule has 0 radical (unpaired) electrons. The van der Waals surface area contributed by atoms with E-state index in [4.69, 9.17) is 21.1 Å². The monoisotopic (exact) mass is 619 g/mol. The average molecular weight is 620 g/mol. The van der Waals surface area contributed by atoms with E-state index in [9.17, 15) is 29.1 Å². The molecule has 0 aliphatic rings. The van der Waals surface area contributed by atoms with Crippen LogP contribution in [0.4, 0.5) is 15.3 Å². The Morgan fingerprint density at radius 3 is 1.91 bits per heavy atom. The Hall–Kier alpha value is -4.52. The van der Waals surface area contributed by atoms with Crippen molar-refractivity contribution in [2.45, 2.75) is 71.5 Å². The number of nitrogens with one attached hydrogen (secondary N) is 5. The number of ether oxygens (including phenoxy) is 2. The molecule has 0 heterocycles. The summed E-state index contributed by atoms with van der Waals surface area (Å²) in [6.45, 7) is 9.59. The van der Waals surface area contributed by atoms with Crippen LogP contribution >= 0.6 is 11.6 Å². The van der Waals surface area contributed by atoms with Gasteiger partial charge in [-0.3, -0.25) is 25.0 Å². The molecule has 234 valence electrons. The molecule has 1 unspecified atom stereocenters. The molecule has 0 aromatic heterocycles. The summed E-state index contributed by atoms with van der Waals surface area (Å²) < 4.78 is 10.5. The van der Waals surface area contributed by atoms with Gasteiger partial charge in [-0.25, -0.2) is 9.59 Å². The second-order valence-electron chi connectivity index (χ2n) is 11.4.